The molecule has 1 heterocycles. The summed E-state index contributed by atoms with van der Waals surface area (Å²) >= 11 is 10.8. The number of nitrogens with zero attached hydrogens (tertiary/aromatic N) is 1. The standard InChI is InChI=1S/C19H20N4S2/c1-12-4-7-15(8-5-12)17-11-20-19(25)23(17)22-18(24)21-16-9-6-13(2)10-14(16)3/h4-11H,1-3H3,(H,20,25)(H2,21,22,24). The molecule has 4 nitrogen and oxygen atoms in total. The molecule has 0 unspecified atom stereocenters. The highest BCUT2D eigenvalue weighted by molar-refractivity contribution is 7.80. The van der Waals surface area contributed by atoms with Gasteiger partial charge in [0.25, 0.3) is 0 Å². The van der Waals surface area contributed by atoms with Gasteiger partial charge in [-0.05, 0) is 56.8 Å². The topological polar surface area (TPSA) is 44.8 Å². The summed E-state index contributed by atoms with van der Waals surface area (Å²) in [7, 11) is 0. The van der Waals surface area contributed by atoms with E-state index in [4.69, 9.17) is 24.4 Å². The van der Waals surface area contributed by atoms with Gasteiger partial charge in [-0.25, -0.2) is 4.68 Å². The van der Waals surface area contributed by atoms with Crippen molar-refractivity contribution in [2.45, 2.75) is 20.8 Å². The van der Waals surface area contributed by atoms with Gasteiger partial charge in [0.05, 0.1) is 5.69 Å². The molecule has 3 N–H and O–H groups in total. The molecule has 0 bridgehead atoms. The Hall–Kier alpha value is -2.44. The third-order valence-electron chi connectivity index (χ3n) is 3.97. The van der Waals surface area contributed by atoms with Gasteiger partial charge in [-0.2, -0.15) is 0 Å². The summed E-state index contributed by atoms with van der Waals surface area (Å²) in [5.41, 5.74) is 9.69. The van der Waals surface area contributed by atoms with Crippen LogP contribution in [-0.4, -0.2) is 14.8 Å². The van der Waals surface area contributed by atoms with Crippen LogP contribution >= 0.6 is 24.4 Å². The van der Waals surface area contributed by atoms with E-state index in [1.807, 2.05) is 12.3 Å². The van der Waals surface area contributed by atoms with Crippen molar-refractivity contribution in [3.05, 3.63) is 70.1 Å². The third kappa shape index (κ3) is 3.97. The Labute approximate surface area is 157 Å². The summed E-state index contributed by atoms with van der Waals surface area (Å²) in [5.74, 6) is 0. The number of aromatic nitrogens is 2. The number of anilines is 1. The summed E-state index contributed by atoms with van der Waals surface area (Å²) in [6.07, 6.45) is 1.87. The van der Waals surface area contributed by atoms with E-state index in [9.17, 15) is 0 Å². The van der Waals surface area contributed by atoms with Crippen molar-refractivity contribution in [3.8, 4) is 11.3 Å². The largest absolute Gasteiger partial charge is 0.335 e. The van der Waals surface area contributed by atoms with Crippen LogP contribution in [0.3, 0.4) is 0 Å². The Morgan fingerprint density at radius 2 is 1.68 bits per heavy atom. The Morgan fingerprint density at radius 1 is 1.00 bits per heavy atom. The first kappa shape index (κ1) is 17.4. The maximum Gasteiger partial charge on any atom is 0.196 e. The van der Waals surface area contributed by atoms with Crippen molar-refractivity contribution in [1.29, 1.82) is 0 Å². The third-order valence-corrected chi connectivity index (χ3v) is 4.46. The van der Waals surface area contributed by atoms with Gasteiger partial charge < -0.3 is 10.3 Å². The molecule has 25 heavy (non-hydrogen) atoms. The van der Waals surface area contributed by atoms with Gasteiger partial charge in [-0.1, -0.05) is 47.5 Å². The van der Waals surface area contributed by atoms with E-state index in [0.717, 1.165) is 22.5 Å². The summed E-state index contributed by atoms with van der Waals surface area (Å²) in [6, 6.07) is 14.5. The number of aryl methyl sites for hydroxylation is 3. The van der Waals surface area contributed by atoms with Gasteiger partial charge in [0.2, 0.25) is 0 Å². The Morgan fingerprint density at radius 3 is 2.36 bits per heavy atom. The SMILES string of the molecule is Cc1ccc(-c2c[nH]c(=S)n2NC(=S)Nc2ccc(C)cc2C)cc1. The molecule has 128 valence electrons. The molecule has 3 rings (SSSR count). The fourth-order valence-corrected chi connectivity index (χ4v) is 3.03. The average Bonchev–Trinajstić information content (AvgIpc) is 2.92. The first-order chi connectivity index (χ1) is 11.9. The molecular weight excluding hydrogens is 348 g/mol. The lowest BCUT2D eigenvalue weighted by molar-refractivity contribution is 0.962. The number of nitrogens with one attached hydrogen (secondary N) is 3. The highest BCUT2D eigenvalue weighted by Gasteiger charge is 2.09. The molecule has 2 aromatic carbocycles. The van der Waals surface area contributed by atoms with E-state index < -0.39 is 0 Å². The number of hydrogen-bond donors (Lipinski definition) is 3. The molecule has 3 aromatic rings. The summed E-state index contributed by atoms with van der Waals surface area (Å²) in [6.45, 7) is 6.19. The van der Waals surface area contributed by atoms with Crippen molar-refractivity contribution in [1.82, 2.24) is 9.66 Å². The van der Waals surface area contributed by atoms with Crippen LogP contribution in [-0.2, 0) is 0 Å². The van der Waals surface area contributed by atoms with Gasteiger partial charge in [0.15, 0.2) is 9.88 Å². The average molecular weight is 369 g/mol. The predicted molar refractivity (Wildman–Crippen MR) is 111 cm³/mol. The van der Waals surface area contributed by atoms with Crippen LogP contribution in [0.15, 0.2) is 48.7 Å². The van der Waals surface area contributed by atoms with Crippen molar-refractivity contribution in [2.75, 3.05) is 10.7 Å². The van der Waals surface area contributed by atoms with Gasteiger partial charge in [0, 0.05) is 17.4 Å². The highest BCUT2D eigenvalue weighted by Crippen LogP contribution is 2.20. The first-order valence-corrected chi connectivity index (χ1v) is 8.78. The Kier molecular flexibility index (Phi) is 5.01. The lowest BCUT2D eigenvalue weighted by Crippen LogP contribution is -2.28. The van der Waals surface area contributed by atoms with Crippen molar-refractivity contribution < 1.29 is 0 Å². The second-order valence-electron chi connectivity index (χ2n) is 6.06. The molecule has 0 fully saturated rings. The number of aromatic amines is 1. The van der Waals surface area contributed by atoms with Crippen LogP contribution in [0, 0.1) is 25.5 Å². The lowest BCUT2D eigenvalue weighted by Gasteiger charge is -2.15. The molecule has 0 radical (unpaired) electrons. The zero-order chi connectivity index (χ0) is 18.0. The fourth-order valence-electron chi connectivity index (χ4n) is 2.62. The monoisotopic (exact) mass is 368 g/mol. The zero-order valence-electron chi connectivity index (χ0n) is 14.4. The minimum Gasteiger partial charge on any atom is -0.335 e. The molecule has 0 saturated heterocycles. The van der Waals surface area contributed by atoms with Crippen LogP contribution in [0.25, 0.3) is 11.3 Å². The molecule has 1 aromatic heterocycles. The van der Waals surface area contributed by atoms with Crippen molar-refractivity contribution in [3.63, 3.8) is 0 Å². The quantitative estimate of drug-likeness (QED) is 0.564. The van der Waals surface area contributed by atoms with Crippen molar-refractivity contribution in [2.24, 2.45) is 0 Å². The number of hydrogen-bond acceptors (Lipinski definition) is 2. The van der Waals surface area contributed by atoms with E-state index in [0.29, 0.717) is 9.88 Å². The van der Waals surface area contributed by atoms with Gasteiger partial charge in [-0.3, -0.25) is 5.43 Å². The Balaban J connectivity index is 1.83. The van der Waals surface area contributed by atoms with Crippen LogP contribution < -0.4 is 10.7 Å². The molecular formula is C19H20N4S2. The molecule has 0 aliphatic carbocycles. The van der Waals surface area contributed by atoms with Gasteiger partial charge in [0.1, 0.15) is 0 Å². The number of imidazole rings is 1. The van der Waals surface area contributed by atoms with E-state index in [-0.39, 0.29) is 0 Å². The summed E-state index contributed by atoms with van der Waals surface area (Å²) in [5, 5.41) is 3.71. The van der Waals surface area contributed by atoms with Crippen LogP contribution in [0.2, 0.25) is 0 Å². The van der Waals surface area contributed by atoms with Crippen LogP contribution in [0.4, 0.5) is 5.69 Å². The summed E-state index contributed by atoms with van der Waals surface area (Å²) in [4.78, 5) is 3.07. The van der Waals surface area contributed by atoms with Gasteiger partial charge in [-0.15, -0.1) is 0 Å². The number of rotatable bonds is 3. The van der Waals surface area contributed by atoms with Crippen molar-refractivity contribution >= 4 is 35.2 Å². The fraction of sp³-hybridized carbons (Fsp3) is 0.158. The Bertz CT molecular complexity index is 968. The van der Waals surface area contributed by atoms with Gasteiger partial charge >= 0.3 is 0 Å². The lowest BCUT2D eigenvalue weighted by atomic mass is 10.1. The second kappa shape index (κ2) is 7.21. The minimum absolute atomic E-state index is 0.482. The first-order valence-electron chi connectivity index (χ1n) is 7.97. The number of thiocarbonyl (C=S) groups is 1. The molecule has 6 heteroatoms. The van der Waals surface area contributed by atoms with Crippen LogP contribution in [0.5, 0.6) is 0 Å². The molecule has 0 atom stereocenters. The van der Waals surface area contributed by atoms with E-state index in [1.165, 1.54) is 11.1 Å². The molecule has 0 saturated carbocycles. The highest BCUT2D eigenvalue weighted by atomic mass is 32.1. The van der Waals surface area contributed by atoms with E-state index >= 15 is 0 Å². The second-order valence-corrected chi connectivity index (χ2v) is 6.86. The maximum atomic E-state index is 5.46. The molecule has 0 aliphatic heterocycles. The maximum absolute atomic E-state index is 5.46. The number of H-pyrrole nitrogens is 1. The zero-order valence-corrected chi connectivity index (χ0v) is 16.0. The predicted octanol–water partition coefficient (Wildman–Crippen LogP) is 5.08. The smallest absolute Gasteiger partial charge is 0.196 e. The molecule has 0 spiro atoms. The summed E-state index contributed by atoms with van der Waals surface area (Å²) < 4.78 is 2.33. The van der Waals surface area contributed by atoms with Crippen LogP contribution in [0.1, 0.15) is 16.7 Å². The molecule has 0 aliphatic rings. The minimum atomic E-state index is 0.482. The van der Waals surface area contributed by atoms with E-state index in [2.05, 4.69) is 72.9 Å². The normalized spacial score (nSPS) is 10.5. The van der Waals surface area contributed by atoms with E-state index in [1.54, 1.807) is 4.68 Å². The number of benzene rings is 2. The molecule has 0 amide bonds.